The van der Waals surface area contributed by atoms with E-state index in [0.29, 0.717) is 6.04 Å². The molecule has 5 rings (SSSR count). The lowest BCUT2D eigenvalue weighted by Gasteiger charge is -2.25. The molecule has 5 heteroatoms. The third kappa shape index (κ3) is 3.96. The van der Waals surface area contributed by atoms with Gasteiger partial charge in [0, 0.05) is 39.6 Å². The molecule has 0 atom stereocenters. The van der Waals surface area contributed by atoms with E-state index >= 15 is 0 Å². The minimum atomic E-state index is 0.488. The van der Waals surface area contributed by atoms with Crippen molar-refractivity contribution >= 4 is 22.3 Å². The number of nitrogens with two attached hydrogens (primary N) is 1. The van der Waals surface area contributed by atoms with E-state index in [-0.39, 0.29) is 0 Å². The van der Waals surface area contributed by atoms with Crippen molar-refractivity contribution < 1.29 is 0 Å². The van der Waals surface area contributed by atoms with E-state index in [1.807, 2.05) is 13.8 Å². The van der Waals surface area contributed by atoms with Gasteiger partial charge in [0.1, 0.15) is 0 Å². The summed E-state index contributed by atoms with van der Waals surface area (Å²) >= 11 is 0. The number of nitrogens with zero attached hydrogens (tertiary/aromatic N) is 1. The van der Waals surface area contributed by atoms with Gasteiger partial charge >= 0.3 is 0 Å². The maximum Gasteiger partial charge on any atom is 0.0576 e. The Kier molecular flexibility index (Phi) is 5.35. The number of rotatable bonds is 4. The number of anilines is 2. The molecule has 0 amide bonds. The third-order valence-electron chi connectivity index (χ3n) is 6.51. The molecule has 164 valence electrons. The molecule has 0 spiro atoms. The van der Waals surface area contributed by atoms with Gasteiger partial charge in [-0.25, -0.2) is 0 Å². The Balaban J connectivity index is 1.46. The summed E-state index contributed by atoms with van der Waals surface area (Å²) in [6.07, 6.45) is 2.26. The van der Waals surface area contributed by atoms with Gasteiger partial charge < -0.3 is 21.4 Å². The van der Waals surface area contributed by atoms with Gasteiger partial charge in [-0.15, -0.1) is 0 Å². The molecule has 2 aromatic heterocycles. The van der Waals surface area contributed by atoms with Crippen LogP contribution in [-0.2, 0) is 0 Å². The van der Waals surface area contributed by atoms with E-state index < -0.39 is 0 Å². The second-order valence-electron chi connectivity index (χ2n) is 8.99. The lowest BCUT2D eigenvalue weighted by molar-refractivity contribution is 0.479. The Morgan fingerprint density at radius 2 is 1.56 bits per heavy atom. The molecule has 4 aromatic rings. The van der Waals surface area contributed by atoms with E-state index in [1.54, 1.807) is 0 Å². The number of aromatic nitrogens is 2. The van der Waals surface area contributed by atoms with Crippen LogP contribution in [0.4, 0.5) is 11.4 Å². The van der Waals surface area contributed by atoms with Gasteiger partial charge in [0.05, 0.1) is 11.4 Å². The zero-order valence-corrected chi connectivity index (χ0v) is 19.0. The quantitative estimate of drug-likeness (QED) is 0.322. The second kappa shape index (κ2) is 8.32. The summed E-state index contributed by atoms with van der Waals surface area (Å²) in [5.41, 5.74) is 17.4. The number of fused-ring (bicyclic) bond motifs is 1. The molecule has 2 aromatic carbocycles. The zero-order valence-electron chi connectivity index (χ0n) is 19.0. The van der Waals surface area contributed by atoms with Crippen molar-refractivity contribution in [1.29, 1.82) is 0 Å². The Morgan fingerprint density at radius 1 is 0.875 bits per heavy atom. The molecule has 5 N–H and O–H groups in total. The standard InChI is InChI=1S/C27H31N5/c1-16-12-21(13-17(2)30-16)27-18(3)23-6-4-20(15-26(23)32-27)19-5-7-25(24(28)14-19)31-22-8-10-29-11-9-22/h4-7,12-15,22,29,31-32H,8-11,28H2,1-3H3. The predicted octanol–water partition coefficient (Wildman–Crippen LogP) is 5.57. The maximum atomic E-state index is 6.43. The fraction of sp³-hybridized carbons (Fsp3) is 0.296. The topological polar surface area (TPSA) is 78.8 Å². The van der Waals surface area contributed by atoms with Crippen LogP contribution in [0.5, 0.6) is 0 Å². The van der Waals surface area contributed by atoms with Crippen LogP contribution < -0.4 is 16.4 Å². The SMILES string of the molecule is Cc1cc(-c2[nH]c3cc(-c4ccc(NC5CCNCC5)c(N)c4)ccc3c2C)cc(C)n1. The molecule has 0 unspecified atom stereocenters. The van der Waals surface area contributed by atoms with E-state index in [0.717, 1.165) is 71.0 Å². The molecule has 0 aliphatic carbocycles. The van der Waals surface area contributed by atoms with Gasteiger partial charge in [0.2, 0.25) is 0 Å². The molecule has 1 saturated heterocycles. The number of H-pyrrole nitrogens is 1. The van der Waals surface area contributed by atoms with Gasteiger partial charge in [-0.05, 0) is 93.7 Å². The average molecular weight is 426 g/mol. The summed E-state index contributed by atoms with van der Waals surface area (Å²) < 4.78 is 0. The minimum Gasteiger partial charge on any atom is -0.397 e. The second-order valence-corrected chi connectivity index (χ2v) is 8.99. The first-order valence-electron chi connectivity index (χ1n) is 11.4. The number of hydrogen-bond acceptors (Lipinski definition) is 4. The van der Waals surface area contributed by atoms with Crippen molar-refractivity contribution in [2.24, 2.45) is 0 Å². The van der Waals surface area contributed by atoms with E-state index in [9.17, 15) is 0 Å². The van der Waals surface area contributed by atoms with Gasteiger partial charge in [0.15, 0.2) is 0 Å². The van der Waals surface area contributed by atoms with Crippen LogP contribution in [0.2, 0.25) is 0 Å². The van der Waals surface area contributed by atoms with E-state index in [2.05, 4.69) is 76.1 Å². The van der Waals surface area contributed by atoms with Gasteiger partial charge in [-0.2, -0.15) is 0 Å². The van der Waals surface area contributed by atoms with Crippen LogP contribution >= 0.6 is 0 Å². The van der Waals surface area contributed by atoms with E-state index in [4.69, 9.17) is 5.73 Å². The summed E-state index contributed by atoms with van der Waals surface area (Å²) in [4.78, 5) is 8.16. The van der Waals surface area contributed by atoms with Crippen molar-refractivity contribution in [3.63, 3.8) is 0 Å². The lowest BCUT2D eigenvalue weighted by Crippen LogP contribution is -2.35. The fourth-order valence-electron chi connectivity index (χ4n) is 4.84. The van der Waals surface area contributed by atoms with Gasteiger partial charge in [-0.3, -0.25) is 4.98 Å². The Labute approximate surface area is 189 Å². The molecule has 1 aliphatic heterocycles. The number of aryl methyl sites for hydroxylation is 3. The number of pyridine rings is 1. The lowest BCUT2D eigenvalue weighted by atomic mass is 10.0. The summed E-state index contributed by atoms with van der Waals surface area (Å²) in [7, 11) is 0. The van der Waals surface area contributed by atoms with Crippen molar-refractivity contribution in [2.45, 2.75) is 39.7 Å². The molecule has 0 radical (unpaired) electrons. The van der Waals surface area contributed by atoms with Crippen molar-refractivity contribution in [3.8, 4) is 22.4 Å². The number of nitrogens with one attached hydrogen (secondary N) is 3. The molecule has 1 aliphatic rings. The monoisotopic (exact) mass is 425 g/mol. The normalized spacial score (nSPS) is 14.7. The van der Waals surface area contributed by atoms with Crippen LogP contribution in [0.1, 0.15) is 29.8 Å². The molecule has 3 heterocycles. The van der Waals surface area contributed by atoms with E-state index in [1.165, 1.54) is 16.5 Å². The van der Waals surface area contributed by atoms with Gasteiger partial charge in [0.25, 0.3) is 0 Å². The zero-order chi connectivity index (χ0) is 22.2. The van der Waals surface area contributed by atoms with Crippen LogP contribution in [-0.4, -0.2) is 29.1 Å². The molecule has 0 bridgehead atoms. The number of hydrogen-bond donors (Lipinski definition) is 4. The first-order valence-corrected chi connectivity index (χ1v) is 11.4. The van der Waals surface area contributed by atoms with Crippen LogP contribution in [0.25, 0.3) is 33.3 Å². The molecular weight excluding hydrogens is 394 g/mol. The first kappa shape index (κ1) is 20.6. The smallest absolute Gasteiger partial charge is 0.0576 e. The predicted molar refractivity (Wildman–Crippen MR) is 135 cm³/mol. The summed E-state index contributed by atoms with van der Waals surface area (Å²) in [6, 6.07) is 17.7. The van der Waals surface area contributed by atoms with Crippen molar-refractivity contribution in [2.75, 3.05) is 24.1 Å². The first-order chi connectivity index (χ1) is 15.5. The summed E-state index contributed by atoms with van der Waals surface area (Å²) in [5.74, 6) is 0. The Bertz CT molecular complexity index is 1260. The van der Waals surface area contributed by atoms with Crippen LogP contribution in [0, 0.1) is 20.8 Å². The van der Waals surface area contributed by atoms with Crippen LogP contribution in [0.3, 0.4) is 0 Å². The highest BCUT2D eigenvalue weighted by Gasteiger charge is 2.15. The average Bonchev–Trinajstić information content (AvgIpc) is 3.11. The maximum absolute atomic E-state index is 6.43. The highest BCUT2D eigenvalue weighted by atomic mass is 15.0. The fourth-order valence-corrected chi connectivity index (χ4v) is 4.84. The summed E-state index contributed by atoms with van der Waals surface area (Å²) in [6.45, 7) is 8.39. The number of piperidine rings is 1. The molecule has 32 heavy (non-hydrogen) atoms. The largest absolute Gasteiger partial charge is 0.397 e. The molecule has 1 fully saturated rings. The highest BCUT2D eigenvalue weighted by Crippen LogP contribution is 2.34. The van der Waals surface area contributed by atoms with Crippen LogP contribution in [0.15, 0.2) is 48.5 Å². The van der Waals surface area contributed by atoms with Crippen molar-refractivity contribution in [3.05, 3.63) is 65.5 Å². The van der Waals surface area contributed by atoms with Crippen molar-refractivity contribution in [1.82, 2.24) is 15.3 Å². The summed E-state index contributed by atoms with van der Waals surface area (Å²) in [5, 5.41) is 8.27. The molecular formula is C27H31N5. The minimum absolute atomic E-state index is 0.488. The molecule has 5 nitrogen and oxygen atoms in total. The molecule has 0 saturated carbocycles. The number of aromatic amines is 1. The Hall–Kier alpha value is -3.31. The number of benzene rings is 2. The Morgan fingerprint density at radius 3 is 2.28 bits per heavy atom. The highest BCUT2D eigenvalue weighted by molar-refractivity contribution is 5.93. The number of nitrogen functional groups attached to an aromatic ring is 1. The van der Waals surface area contributed by atoms with Gasteiger partial charge in [-0.1, -0.05) is 18.2 Å². The third-order valence-corrected chi connectivity index (χ3v) is 6.51.